The molecule has 0 aliphatic heterocycles. The number of aromatic nitrogens is 4. The maximum absolute atomic E-state index is 14.1. The molecule has 3 amide bonds. The molecule has 5 aromatic rings. The largest absolute Gasteiger partial charge is 0.480 e. The first-order valence-corrected chi connectivity index (χ1v) is 15.6. The first kappa shape index (κ1) is 32.9. The third kappa shape index (κ3) is 8.24. The number of carboxylic acid groups (broad SMARTS) is 1. The number of carbonyl (C=O) groups excluding carboxylic acids is 3. The summed E-state index contributed by atoms with van der Waals surface area (Å²) in [4.78, 5) is 66.4. The average Bonchev–Trinajstić information content (AvgIpc) is 3.80. The van der Waals surface area contributed by atoms with E-state index in [1.807, 2.05) is 62.4 Å². The van der Waals surface area contributed by atoms with Crippen molar-refractivity contribution < 1.29 is 24.3 Å². The molecule has 9 N–H and O–H groups in total. The Bertz CT molecular complexity index is 1840. The van der Waals surface area contributed by atoms with Crippen LogP contribution >= 0.6 is 0 Å². The van der Waals surface area contributed by atoms with Crippen LogP contribution in [0.4, 0.5) is 0 Å². The number of imidazole rings is 1. The molecule has 4 atom stereocenters. The normalized spacial score (nSPS) is 14.0. The maximum atomic E-state index is 14.1. The molecule has 0 fully saturated rings. The van der Waals surface area contributed by atoms with Gasteiger partial charge in [-0.15, -0.1) is 0 Å². The number of amides is 3. The van der Waals surface area contributed by atoms with Crippen molar-refractivity contribution in [1.82, 2.24) is 35.9 Å². The highest BCUT2D eigenvalue weighted by Gasteiger charge is 2.32. The summed E-state index contributed by atoms with van der Waals surface area (Å²) in [7, 11) is 0. The van der Waals surface area contributed by atoms with Gasteiger partial charge in [0.25, 0.3) is 0 Å². The van der Waals surface area contributed by atoms with Crippen LogP contribution in [0.25, 0.3) is 21.8 Å². The third-order valence-electron chi connectivity index (χ3n) is 8.12. The quantitative estimate of drug-likeness (QED) is 0.0855. The Labute approximate surface area is 271 Å². The molecule has 0 aliphatic rings. The highest BCUT2D eigenvalue weighted by Crippen LogP contribution is 2.21. The molecule has 0 aliphatic carbocycles. The predicted octanol–water partition coefficient (Wildman–Crippen LogP) is 2.31. The molecule has 246 valence electrons. The second kappa shape index (κ2) is 14.8. The van der Waals surface area contributed by atoms with E-state index in [9.17, 15) is 24.3 Å². The molecule has 0 spiro atoms. The molecule has 13 nitrogen and oxygen atoms in total. The first-order valence-electron chi connectivity index (χ1n) is 15.6. The Hall–Kier alpha value is -5.43. The number of rotatable bonds is 15. The van der Waals surface area contributed by atoms with E-state index in [-0.39, 0.29) is 31.6 Å². The monoisotopic (exact) mass is 640 g/mol. The molecule has 47 heavy (non-hydrogen) atoms. The number of nitrogens with one attached hydrogen (secondary N) is 6. The second-order valence-electron chi connectivity index (χ2n) is 12.2. The van der Waals surface area contributed by atoms with Crippen LogP contribution in [-0.4, -0.2) is 72.9 Å². The Morgan fingerprint density at radius 3 is 1.74 bits per heavy atom. The van der Waals surface area contributed by atoms with Crippen molar-refractivity contribution in [2.75, 3.05) is 0 Å². The lowest BCUT2D eigenvalue weighted by atomic mass is 10.00. The Morgan fingerprint density at radius 2 is 1.26 bits per heavy atom. The van der Waals surface area contributed by atoms with Crippen LogP contribution in [0.3, 0.4) is 0 Å². The number of aliphatic carboxylic acids is 1. The number of carboxylic acids is 1. The van der Waals surface area contributed by atoms with Crippen LogP contribution < -0.4 is 21.7 Å². The number of benzene rings is 2. The molecule has 0 bridgehead atoms. The highest BCUT2D eigenvalue weighted by atomic mass is 16.4. The van der Waals surface area contributed by atoms with E-state index in [0.717, 1.165) is 32.9 Å². The number of nitrogens with zero attached hydrogens (tertiary/aromatic N) is 1. The lowest BCUT2D eigenvalue weighted by molar-refractivity contribution is -0.142. The molecule has 2 aromatic carbocycles. The third-order valence-corrected chi connectivity index (χ3v) is 8.12. The van der Waals surface area contributed by atoms with Gasteiger partial charge in [-0.1, -0.05) is 50.2 Å². The molecule has 4 unspecified atom stereocenters. The van der Waals surface area contributed by atoms with Gasteiger partial charge in [-0.3, -0.25) is 14.4 Å². The van der Waals surface area contributed by atoms with Crippen LogP contribution in [0, 0.1) is 5.92 Å². The number of hydrogen-bond donors (Lipinski definition) is 8. The van der Waals surface area contributed by atoms with E-state index in [1.54, 1.807) is 18.6 Å². The average molecular weight is 641 g/mol. The summed E-state index contributed by atoms with van der Waals surface area (Å²) in [6.07, 6.45) is 7.16. The van der Waals surface area contributed by atoms with E-state index in [0.29, 0.717) is 5.69 Å². The molecule has 13 heteroatoms. The van der Waals surface area contributed by atoms with Crippen molar-refractivity contribution in [1.29, 1.82) is 0 Å². The van der Waals surface area contributed by atoms with Gasteiger partial charge in [0.05, 0.1) is 12.4 Å². The summed E-state index contributed by atoms with van der Waals surface area (Å²) in [6.45, 7) is 3.73. The van der Waals surface area contributed by atoms with Crippen molar-refractivity contribution >= 4 is 45.5 Å². The van der Waals surface area contributed by atoms with Gasteiger partial charge in [0.1, 0.15) is 18.1 Å². The predicted molar refractivity (Wildman–Crippen MR) is 177 cm³/mol. The molecule has 3 heterocycles. The number of para-hydroxylation sites is 2. The Kier molecular flexibility index (Phi) is 10.4. The van der Waals surface area contributed by atoms with Crippen LogP contribution in [0.15, 0.2) is 73.4 Å². The van der Waals surface area contributed by atoms with E-state index in [1.165, 1.54) is 6.33 Å². The number of fused-ring (bicyclic) bond motifs is 2. The van der Waals surface area contributed by atoms with Crippen molar-refractivity contribution in [2.45, 2.75) is 63.7 Å². The van der Waals surface area contributed by atoms with Gasteiger partial charge < -0.3 is 41.7 Å². The van der Waals surface area contributed by atoms with Gasteiger partial charge >= 0.3 is 5.97 Å². The summed E-state index contributed by atoms with van der Waals surface area (Å²) in [5, 5.41) is 19.8. The fourth-order valence-electron chi connectivity index (χ4n) is 5.70. The van der Waals surface area contributed by atoms with Crippen molar-refractivity contribution in [2.24, 2.45) is 11.7 Å². The molecule has 0 saturated carbocycles. The summed E-state index contributed by atoms with van der Waals surface area (Å²) in [6, 6.07) is 10.7. The van der Waals surface area contributed by atoms with Crippen LogP contribution in [0.1, 0.15) is 37.1 Å². The van der Waals surface area contributed by atoms with E-state index in [4.69, 9.17) is 5.73 Å². The fraction of sp³-hybridized carbons (Fsp3) is 0.324. The number of aromatic amines is 3. The van der Waals surface area contributed by atoms with Gasteiger partial charge in [0, 0.05) is 65.4 Å². The highest BCUT2D eigenvalue weighted by molar-refractivity contribution is 5.95. The second-order valence-corrected chi connectivity index (χ2v) is 12.2. The number of carbonyl (C=O) groups is 4. The Morgan fingerprint density at radius 1 is 0.745 bits per heavy atom. The molecule has 3 aromatic heterocycles. The lowest BCUT2D eigenvalue weighted by Gasteiger charge is -2.25. The van der Waals surface area contributed by atoms with Gasteiger partial charge in [-0.05, 0) is 35.6 Å². The minimum absolute atomic E-state index is 0.000193. The maximum Gasteiger partial charge on any atom is 0.326 e. The van der Waals surface area contributed by atoms with Gasteiger partial charge in [0.15, 0.2) is 0 Å². The topological polar surface area (TPSA) is 211 Å². The zero-order valence-corrected chi connectivity index (χ0v) is 26.2. The zero-order valence-electron chi connectivity index (χ0n) is 26.2. The van der Waals surface area contributed by atoms with Gasteiger partial charge in [0.2, 0.25) is 17.7 Å². The number of H-pyrrole nitrogens is 3. The molecular weight excluding hydrogens is 600 g/mol. The van der Waals surface area contributed by atoms with E-state index in [2.05, 4.69) is 35.9 Å². The van der Waals surface area contributed by atoms with Crippen LogP contribution in [0.2, 0.25) is 0 Å². The van der Waals surface area contributed by atoms with Gasteiger partial charge in [-0.25, -0.2) is 9.78 Å². The summed E-state index contributed by atoms with van der Waals surface area (Å²) >= 11 is 0. The Balaban J connectivity index is 1.42. The minimum atomic E-state index is -1.17. The summed E-state index contributed by atoms with van der Waals surface area (Å²) in [5.41, 5.74) is 10.1. The van der Waals surface area contributed by atoms with E-state index >= 15 is 0 Å². The van der Waals surface area contributed by atoms with Gasteiger partial charge in [-0.2, -0.15) is 0 Å². The molecule has 0 radical (unpaired) electrons. The summed E-state index contributed by atoms with van der Waals surface area (Å²) in [5.74, 6) is -2.99. The van der Waals surface area contributed by atoms with Crippen LogP contribution in [0.5, 0.6) is 0 Å². The molecule has 0 saturated heterocycles. The van der Waals surface area contributed by atoms with Crippen molar-refractivity contribution in [3.63, 3.8) is 0 Å². The fourth-order valence-corrected chi connectivity index (χ4v) is 5.70. The number of nitrogens with two attached hydrogens (primary N) is 1. The standard InChI is InChI=1S/C34H40N8O5/c1-19(2)11-30(34(46)47)42-33(45)29(13-21-16-38-27-10-6-4-8-24(21)27)41-32(44)28(12-20-15-37-26-9-5-3-7-23(20)26)40-31(43)25(35)14-22-17-36-18-39-22/h3-10,15-19,25,28-30,37-38H,11-14,35H2,1-2H3,(H,36,39)(H,40,43)(H,41,44)(H,42,45)(H,46,47). The minimum Gasteiger partial charge on any atom is -0.480 e. The number of hydrogen-bond acceptors (Lipinski definition) is 6. The smallest absolute Gasteiger partial charge is 0.326 e. The molecular formula is C34H40N8O5. The van der Waals surface area contributed by atoms with Crippen molar-refractivity contribution in [3.8, 4) is 0 Å². The lowest BCUT2D eigenvalue weighted by Crippen LogP contribution is -2.58. The zero-order chi connectivity index (χ0) is 33.5. The first-order chi connectivity index (χ1) is 22.6. The molecule has 5 rings (SSSR count). The van der Waals surface area contributed by atoms with E-state index < -0.39 is 47.9 Å². The van der Waals surface area contributed by atoms with Crippen molar-refractivity contribution in [3.05, 3.63) is 90.3 Å². The summed E-state index contributed by atoms with van der Waals surface area (Å²) < 4.78 is 0. The SMILES string of the molecule is CC(C)CC(NC(=O)C(Cc1c[nH]c2ccccc12)NC(=O)C(Cc1c[nH]c2ccccc12)NC(=O)C(N)Cc1cnc[nH]1)C(=O)O. The van der Waals surface area contributed by atoms with Crippen LogP contribution in [-0.2, 0) is 38.4 Å².